The summed E-state index contributed by atoms with van der Waals surface area (Å²) in [5, 5.41) is 8.32. The van der Waals surface area contributed by atoms with Crippen molar-refractivity contribution in [3.8, 4) is 17.4 Å². The number of nitrogens with zero attached hydrogens (tertiary/aromatic N) is 3. The molecule has 6 nitrogen and oxygen atoms in total. The zero-order valence-corrected chi connectivity index (χ0v) is 14.2. The summed E-state index contributed by atoms with van der Waals surface area (Å²) in [5.41, 5.74) is 1.27. The van der Waals surface area contributed by atoms with Crippen LogP contribution in [0.3, 0.4) is 0 Å². The van der Waals surface area contributed by atoms with Crippen molar-refractivity contribution in [2.24, 2.45) is 0 Å². The van der Waals surface area contributed by atoms with Gasteiger partial charge in [0, 0.05) is 12.5 Å². The number of piperidine rings is 1. The van der Waals surface area contributed by atoms with Crippen LogP contribution in [0, 0.1) is 0 Å². The summed E-state index contributed by atoms with van der Waals surface area (Å²) in [4.78, 5) is 2.45. The molecule has 3 aromatic rings. The summed E-state index contributed by atoms with van der Waals surface area (Å²) in [6.45, 7) is 2.96. The molecule has 130 valence electrons. The van der Waals surface area contributed by atoms with Gasteiger partial charge in [0.15, 0.2) is 5.76 Å². The second kappa shape index (κ2) is 7.11. The first-order valence-electron chi connectivity index (χ1n) is 8.54. The van der Waals surface area contributed by atoms with Crippen LogP contribution in [0.1, 0.15) is 30.2 Å². The number of likely N-dealkylation sites (tertiary alicyclic amines) is 1. The van der Waals surface area contributed by atoms with E-state index in [-0.39, 0.29) is 0 Å². The van der Waals surface area contributed by atoms with Gasteiger partial charge in [0.05, 0.1) is 13.4 Å². The topological polar surface area (TPSA) is 64.5 Å². The van der Waals surface area contributed by atoms with E-state index in [0.717, 1.165) is 38.2 Å². The quantitative estimate of drug-likeness (QED) is 0.706. The highest BCUT2D eigenvalue weighted by molar-refractivity contribution is 5.42. The molecule has 0 unspecified atom stereocenters. The molecule has 2 aromatic heterocycles. The molecule has 0 N–H and O–H groups in total. The van der Waals surface area contributed by atoms with Crippen molar-refractivity contribution in [3.63, 3.8) is 0 Å². The Kier molecular flexibility index (Phi) is 4.52. The molecule has 0 radical (unpaired) electrons. The molecular formula is C19H21N3O3. The van der Waals surface area contributed by atoms with Gasteiger partial charge in [-0.05, 0) is 55.8 Å². The average Bonchev–Trinajstić information content (AvgIpc) is 3.34. The summed E-state index contributed by atoms with van der Waals surface area (Å²) in [5.74, 6) is 3.02. The first-order valence-corrected chi connectivity index (χ1v) is 8.54. The van der Waals surface area contributed by atoms with Gasteiger partial charge in [-0.15, -0.1) is 10.2 Å². The highest BCUT2D eigenvalue weighted by Gasteiger charge is 2.25. The monoisotopic (exact) mass is 339 g/mol. The van der Waals surface area contributed by atoms with E-state index in [9.17, 15) is 0 Å². The van der Waals surface area contributed by atoms with Gasteiger partial charge >= 0.3 is 0 Å². The molecule has 1 saturated heterocycles. The summed E-state index contributed by atoms with van der Waals surface area (Å²) >= 11 is 0. The van der Waals surface area contributed by atoms with Crippen LogP contribution in [0.2, 0.25) is 0 Å². The lowest BCUT2D eigenvalue weighted by atomic mass is 9.96. The molecule has 1 aliphatic rings. The predicted octanol–water partition coefficient (Wildman–Crippen LogP) is 3.72. The molecule has 25 heavy (non-hydrogen) atoms. The van der Waals surface area contributed by atoms with E-state index < -0.39 is 0 Å². The SMILES string of the molecule is COc1cccc(CN2CCC(c3nnc(-c4ccco4)o3)CC2)c1. The van der Waals surface area contributed by atoms with E-state index in [2.05, 4.69) is 27.2 Å². The second-order valence-corrected chi connectivity index (χ2v) is 6.32. The Morgan fingerprint density at radius 1 is 1.16 bits per heavy atom. The van der Waals surface area contributed by atoms with Crippen LogP contribution in [-0.4, -0.2) is 35.3 Å². The van der Waals surface area contributed by atoms with E-state index in [1.54, 1.807) is 13.4 Å². The first-order chi connectivity index (χ1) is 12.3. The number of hydrogen-bond donors (Lipinski definition) is 0. The van der Waals surface area contributed by atoms with Crippen molar-refractivity contribution in [2.75, 3.05) is 20.2 Å². The van der Waals surface area contributed by atoms with Crippen LogP contribution in [0.4, 0.5) is 0 Å². The highest BCUT2D eigenvalue weighted by atomic mass is 16.5. The van der Waals surface area contributed by atoms with Crippen molar-refractivity contribution in [1.29, 1.82) is 0 Å². The maximum absolute atomic E-state index is 5.80. The van der Waals surface area contributed by atoms with E-state index in [0.29, 0.717) is 23.5 Å². The standard InChI is InChI=1S/C19H21N3O3/c1-23-16-5-2-4-14(12-16)13-22-9-7-15(8-10-22)18-20-21-19(25-18)17-6-3-11-24-17/h2-6,11-12,15H,7-10,13H2,1H3. The molecule has 1 aliphatic heterocycles. The lowest BCUT2D eigenvalue weighted by Crippen LogP contribution is -2.32. The van der Waals surface area contributed by atoms with Crippen LogP contribution in [0.25, 0.3) is 11.7 Å². The molecule has 0 atom stereocenters. The van der Waals surface area contributed by atoms with Crippen molar-refractivity contribution in [3.05, 3.63) is 54.1 Å². The molecule has 0 amide bonds. The summed E-state index contributed by atoms with van der Waals surface area (Å²) < 4.78 is 16.4. The Balaban J connectivity index is 1.35. The molecular weight excluding hydrogens is 318 g/mol. The number of hydrogen-bond acceptors (Lipinski definition) is 6. The molecule has 6 heteroatoms. The Labute approximate surface area is 146 Å². The van der Waals surface area contributed by atoms with E-state index in [1.807, 2.05) is 24.3 Å². The Morgan fingerprint density at radius 3 is 2.80 bits per heavy atom. The summed E-state index contributed by atoms with van der Waals surface area (Å²) in [6.07, 6.45) is 3.64. The molecule has 3 heterocycles. The van der Waals surface area contributed by atoms with Gasteiger partial charge < -0.3 is 13.6 Å². The van der Waals surface area contributed by atoms with E-state index in [4.69, 9.17) is 13.6 Å². The van der Waals surface area contributed by atoms with Gasteiger partial charge in [-0.25, -0.2) is 0 Å². The third-order valence-electron chi connectivity index (χ3n) is 4.65. The predicted molar refractivity (Wildman–Crippen MR) is 92.2 cm³/mol. The number of ether oxygens (including phenoxy) is 1. The molecule has 0 spiro atoms. The number of methoxy groups -OCH3 is 1. The van der Waals surface area contributed by atoms with Gasteiger partial charge in [-0.3, -0.25) is 4.90 Å². The Hall–Kier alpha value is -2.60. The number of benzene rings is 1. The molecule has 1 fully saturated rings. The van der Waals surface area contributed by atoms with Crippen molar-refractivity contribution >= 4 is 0 Å². The molecule has 4 rings (SSSR count). The van der Waals surface area contributed by atoms with Crippen molar-refractivity contribution in [2.45, 2.75) is 25.3 Å². The van der Waals surface area contributed by atoms with Crippen LogP contribution >= 0.6 is 0 Å². The zero-order valence-electron chi connectivity index (χ0n) is 14.2. The Bertz CT molecular complexity index is 805. The number of aromatic nitrogens is 2. The van der Waals surface area contributed by atoms with Crippen LogP contribution in [-0.2, 0) is 6.54 Å². The van der Waals surface area contributed by atoms with Gasteiger partial charge in [0.25, 0.3) is 5.89 Å². The van der Waals surface area contributed by atoms with Crippen molar-refractivity contribution < 1.29 is 13.6 Å². The van der Waals surface area contributed by atoms with E-state index in [1.165, 1.54) is 5.56 Å². The molecule has 0 aliphatic carbocycles. The second-order valence-electron chi connectivity index (χ2n) is 6.32. The normalized spacial score (nSPS) is 16.2. The summed E-state index contributed by atoms with van der Waals surface area (Å²) in [7, 11) is 1.70. The third kappa shape index (κ3) is 3.58. The highest BCUT2D eigenvalue weighted by Crippen LogP contribution is 2.30. The summed E-state index contributed by atoms with van der Waals surface area (Å²) in [6, 6.07) is 11.9. The minimum Gasteiger partial charge on any atom is -0.497 e. The largest absolute Gasteiger partial charge is 0.497 e. The Morgan fingerprint density at radius 2 is 2.04 bits per heavy atom. The van der Waals surface area contributed by atoms with Crippen LogP contribution in [0.5, 0.6) is 5.75 Å². The first kappa shape index (κ1) is 15.9. The minimum atomic E-state index is 0.317. The lowest BCUT2D eigenvalue weighted by molar-refractivity contribution is 0.193. The molecule has 0 bridgehead atoms. The maximum atomic E-state index is 5.80. The fraction of sp³-hybridized carbons (Fsp3) is 0.368. The minimum absolute atomic E-state index is 0.317. The molecule has 0 saturated carbocycles. The van der Waals surface area contributed by atoms with Crippen LogP contribution < -0.4 is 4.74 Å². The number of furan rings is 1. The van der Waals surface area contributed by atoms with Crippen LogP contribution in [0.15, 0.2) is 51.5 Å². The average molecular weight is 339 g/mol. The van der Waals surface area contributed by atoms with E-state index >= 15 is 0 Å². The maximum Gasteiger partial charge on any atom is 0.283 e. The third-order valence-corrected chi connectivity index (χ3v) is 4.65. The lowest BCUT2D eigenvalue weighted by Gasteiger charge is -2.30. The molecule has 1 aromatic carbocycles. The van der Waals surface area contributed by atoms with Gasteiger partial charge in [0.1, 0.15) is 5.75 Å². The van der Waals surface area contributed by atoms with Gasteiger partial charge in [-0.2, -0.15) is 0 Å². The van der Waals surface area contributed by atoms with Gasteiger partial charge in [-0.1, -0.05) is 12.1 Å². The fourth-order valence-electron chi connectivity index (χ4n) is 3.27. The zero-order chi connectivity index (χ0) is 17.1. The van der Waals surface area contributed by atoms with Gasteiger partial charge in [0.2, 0.25) is 5.89 Å². The smallest absolute Gasteiger partial charge is 0.283 e. The van der Waals surface area contributed by atoms with Crippen molar-refractivity contribution in [1.82, 2.24) is 15.1 Å². The fourth-order valence-corrected chi connectivity index (χ4v) is 3.27. The number of rotatable bonds is 5.